The summed E-state index contributed by atoms with van der Waals surface area (Å²) in [5, 5.41) is 0. The van der Waals surface area contributed by atoms with E-state index in [4.69, 9.17) is 9.47 Å². The number of pyridine rings is 1. The minimum Gasteiger partial charge on any atom is -0.497 e. The first kappa shape index (κ1) is 15.7. The minimum absolute atomic E-state index is 0.0182. The van der Waals surface area contributed by atoms with Crippen molar-refractivity contribution in [2.45, 2.75) is 12.3 Å². The first-order valence-corrected chi connectivity index (χ1v) is 7.31. The fraction of sp³-hybridized carbons (Fsp3) is 0.312. The Balaban J connectivity index is 2.50. The van der Waals surface area contributed by atoms with Crippen molar-refractivity contribution >= 4 is 12.6 Å². The van der Waals surface area contributed by atoms with Crippen LogP contribution in [0.4, 0.5) is 0 Å². The van der Waals surface area contributed by atoms with Crippen LogP contribution in [-0.2, 0) is 17.0 Å². The highest BCUT2D eigenvalue weighted by Crippen LogP contribution is 2.22. The van der Waals surface area contributed by atoms with Crippen LogP contribution in [0, 0.1) is 0 Å². The van der Waals surface area contributed by atoms with Gasteiger partial charge in [0.05, 0.1) is 19.4 Å². The Morgan fingerprint density at radius 3 is 2.38 bits per heavy atom. The van der Waals surface area contributed by atoms with Crippen molar-refractivity contribution in [3.8, 4) is 17.0 Å². The monoisotopic (exact) mass is 305 g/mol. The number of hydrogen-bond donors (Lipinski definition) is 1. The predicted octanol–water partition coefficient (Wildman–Crippen LogP) is 2.60. The molecule has 0 aliphatic rings. The molecule has 21 heavy (non-hydrogen) atoms. The van der Waals surface area contributed by atoms with Gasteiger partial charge >= 0.3 is 0 Å². The first-order chi connectivity index (χ1) is 10.2. The SMILES string of the molecule is COCCn1c(-c2ccc(OC)cc2)ccc(CS)c1=O. The average Bonchev–Trinajstić information content (AvgIpc) is 2.53. The Kier molecular flexibility index (Phi) is 5.47. The molecule has 1 aromatic heterocycles. The molecule has 2 rings (SSSR count). The summed E-state index contributed by atoms with van der Waals surface area (Å²) < 4.78 is 12.0. The highest BCUT2D eigenvalue weighted by Gasteiger charge is 2.10. The number of ether oxygens (including phenoxy) is 2. The molecule has 1 heterocycles. The van der Waals surface area contributed by atoms with Crippen molar-refractivity contribution in [2.75, 3.05) is 20.8 Å². The quantitative estimate of drug-likeness (QED) is 0.834. The third-order valence-corrected chi connectivity index (χ3v) is 3.67. The summed E-state index contributed by atoms with van der Waals surface area (Å²) in [4.78, 5) is 12.5. The van der Waals surface area contributed by atoms with Crippen LogP contribution >= 0.6 is 12.6 Å². The molecular formula is C16H19NO3S. The molecule has 0 radical (unpaired) electrons. The van der Waals surface area contributed by atoms with Crippen molar-refractivity contribution < 1.29 is 9.47 Å². The van der Waals surface area contributed by atoms with E-state index in [-0.39, 0.29) is 5.56 Å². The largest absolute Gasteiger partial charge is 0.497 e. The van der Waals surface area contributed by atoms with E-state index in [0.29, 0.717) is 24.5 Å². The van der Waals surface area contributed by atoms with Crippen LogP contribution in [0.25, 0.3) is 11.3 Å². The Morgan fingerprint density at radius 1 is 1.10 bits per heavy atom. The Bertz CT molecular complexity index is 650. The molecule has 0 N–H and O–H groups in total. The molecule has 0 spiro atoms. The van der Waals surface area contributed by atoms with Gasteiger partial charge in [0.2, 0.25) is 0 Å². The number of benzene rings is 1. The second-order valence-electron chi connectivity index (χ2n) is 4.58. The highest BCUT2D eigenvalue weighted by molar-refractivity contribution is 7.79. The molecule has 4 nitrogen and oxygen atoms in total. The van der Waals surface area contributed by atoms with E-state index < -0.39 is 0 Å². The first-order valence-electron chi connectivity index (χ1n) is 6.68. The van der Waals surface area contributed by atoms with Crippen molar-refractivity contribution in [3.05, 3.63) is 52.3 Å². The van der Waals surface area contributed by atoms with Gasteiger partial charge in [-0.15, -0.1) is 0 Å². The van der Waals surface area contributed by atoms with Gasteiger partial charge in [0, 0.05) is 25.0 Å². The van der Waals surface area contributed by atoms with Gasteiger partial charge in [-0.05, 0) is 35.9 Å². The zero-order valence-corrected chi connectivity index (χ0v) is 13.1. The number of nitrogens with zero attached hydrogens (tertiary/aromatic N) is 1. The van der Waals surface area contributed by atoms with Crippen molar-refractivity contribution in [1.29, 1.82) is 0 Å². The van der Waals surface area contributed by atoms with E-state index in [0.717, 1.165) is 17.0 Å². The fourth-order valence-electron chi connectivity index (χ4n) is 2.16. The van der Waals surface area contributed by atoms with Crippen LogP contribution in [0.2, 0.25) is 0 Å². The van der Waals surface area contributed by atoms with Gasteiger partial charge in [-0.3, -0.25) is 4.79 Å². The third kappa shape index (κ3) is 3.49. The van der Waals surface area contributed by atoms with E-state index in [1.54, 1.807) is 18.8 Å². The zero-order valence-electron chi connectivity index (χ0n) is 12.2. The van der Waals surface area contributed by atoms with Gasteiger partial charge < -0.3 is 14.0 Å². The molecule has 0 saturated heterocycles. The highest BCUT2D eigenvalue weighted by atomic mass is 32.1. The predicted molar refractivity (Wildman–Crippen MR) is 87.3 cm³/mol. The Labute approximate surface area is 129 Å². The number of hydrogen-bond acceptors (Lipinski definition) is 4. The summed E-state index contributed by atoms with van der Waals surface area (Å²) in [6.45, 7) is 0.997. The second-order valence-corrected chi connectivity index (χ2v) is 4.90. The topological polar surface area (TPSA) is 40.5 Å². The van der Waals surface area contributed by atoms with E-state index in [1.165, 1.54) is 0 Å². The van der Waals surface area contributed by atoms with Gasteiger partial charge in [0.15, 0.2) is 0 Å². The Hall–Kier alpha value is -1.72. The second kappa shape index (κ2) is 7.33. The Morgan fingerprint density at radius 2 is 1.81 bits per heavy atom. The summed E-state index contributed by atoms with van der Waals surface area (Å²) in [6, 6.07) is 11.4. The zero-order chi connectivity index (χ0) is 15.2. The molecule has 0 unspecified atom stereocenters. The van der Waals surface area contributed by atoms with Gasteiger partial charge in [-0.25, -0.2) is 0 Å². The molecule has 0 aliphatic carbocycles. The maximum atomic E-state index is 12.5. The van der Waals surface area contributed by atoms with E-state index in [2.05, 4.69) is 12.6 Å². The molecule has 1 aromatic carbocycles. The smallest absolute Gasteiger partial charge is 0.255 e. The van der Waals surface area contributed by atoms with Gasteiger partial charge in [0.25, 0.3) is 5.56 Å². The minimum atomic E-state index is -0.0182. The van der Waals surface area contributed by atoms with E-state index >= 15 is 0 Å². The molecule has 0 saturated carbocycles. The lowest BCUT2D eigenvalue weighted by Crippen LogP contribution is -2.26. The molecule has 0 atom stereocenters. The lowest BCUT2D eigenvalue weighted by atomic mass is 10.1. The lowest BCUT2D eigenvalue weighted by Gasteiger charge is -2.14. The van der Waals surface area contributed by atoms with Gasteiger partial charge in [-0.2, -0.15) is 12.6 Å². The summed E-state index contributed by atoms with van der Waals surface area (Å²) in [5.41, 5.74) is 2.50. The van der Waals surface area contributed by atoms with Crippen LogP contribution in [-0.4, -0.2) is 25.4 Å². The molecule has 5 heteroatoms. The van der Waals surface area contributed by atoms with Gasteiger partial charge in [0.1, 0.15) is 5.75 Å². The summed E-state index contributed by atoms with van der Waals surface area (Å²) >= 11 is 4.20. The van der Waals surface area contributed by atoms with Crippen LogP contribution in [0.5, 0.6) is 5.75 Å². The van der Waals surface area contributed by atoms with Crippen LogP contribution in [0.1, 0.15) is 5.56 Å². The van der Waals surface area contributed by atoms with Crippen molar-refractivity contribution in [3.63, 3.8) is 0 Å². The van der Waals surface area contributed by atoms with Crippen molar-refractivity contribution in [1.82, 2.24) is 4.57 Å². The fourth-order valence-corrected chi connectivity index (χ4v) is 2.40. The average molecular weight is 305 g/mol. The molecule has 0 fully saturated rings. The van der Waals surface area contributed by atoms with Gasteiger partial charge in [-0.1, -0.05) is 6.07 Å². The summed E-state index contributed by atoms with van der Waals surface area (Å²) in [5.74, 6) is 1.21. The molecule has 112 valence electrons. The maximum absolute atomic E-state index is 12.5. The molecule has 0 amide bonds. The van der Waals surface area contributed by atoms with Crippen LogP contribution in [0.3, 0.4) is 0 Å². The number of rotatable bonds is 6. The van der Waals surface area contributed by atoms with Crippen LogP contribution < -0.4 is 10.3 Å². The summed E-state index contributed by atoms with van der Waals surface area (Å²) in [7, 11) is 3.26. The standard InChI is InChI=1S/C16H19NO3S/c1-19-10-9-17-15(8-5-13(11-21)16(17)18)12-3-6-14(20-2)7-4-12/h3-8,21H,9-11H2,1-2H3. The number of thiol groups is 1. The normalized spacial score (nSPS) is 10.6. The lowest BCUT2D eigenvalue weighted by molar-refractivity contribution is 0.186. The molecule has 0 aliphatic heterocycles. The third-order valence-electron chi connectivity index (χ3n) is 3.33. The maximum Gasteiger partial charge on any atom is 0.255 e. The molecule has 2 aromatic rings. The van der Waals surface area contributed by atoms with Crippen LogP contribution in [0.15, 0.2) is 41.2 Å². The molecule has 0 bridgehead atoms. The number of methoxy groups -OCH3 is 2. The number of aromatic nitrogens is 1. The van der Waals surface area contributed by atoms with E-state index in [9.17, 15) is 4.79 Å². The summed E-state index contributed by atoms with van der Waals surface area (Å²) in [6.07, 6.45) is 0. The van der Waals surface area contributed by atoms with Crippen molar-refractivity contribution in [2.24, 2.45) is 0 Å². The molecular weight excluding hydrogens is 286 g/mol. The van der Waals surface area contributed by atoms with E-state index in [1.807, 2.05) is 36.4 Å².